The fraction of sp³-hybridized carbons (Fsp3) is 0.500. The molecule has 3 rings (SSSR count). The molecule has 2 aromatic rings. The van der Waals surface area contributed by atoms with Crippen molar-refractivity contribution in [3.63, 3.8) is 0 Å². The van der Waals surface area contributed by atoms with Gasteiger partial charge < -0.3 is 15.0 Å². The van der Waals surface area contributed by atoms with Gasteiger partial charge in [-0.3, -0.25) is 0 Å². The van der Waals surface area contributed by atoms with E-state index in [0.29, 0.717) is 12.5 Å². The summed E-state index contributed by atoms with van der Waals surface area (Å²) in [7, 11) is 0. The first-order valence-electron chi connectivity index (χ1n) is 6.70. The molecule has 1 saturated heterocycles. The minimum Gasteiger partial charge on any atom is -0.326 e. The molecule has 1 fully saturated rings. The van der Waals surface area contributed by atoms with E-state index in [2.05, 4.69) is 39.5 Å². The first kappa shape index (κ1) is 11.7. The summed E-state index contributed by atoms with van der Waals surface area (Å²) >= 11 is 0. The number of hydrogen-bond donors (Lipinski definition) is 1. The smallest absolute Gasteiger partial charge is 0.117 e. The van der Waals surface area contributed by atoms with Crippen LogP contribution in [0.5, 0.6) is 0 Å². The van der Waals surface area contributed by atoms with Gasteiger partial charge in [0, 0.05) is 25.2 Å². The fourth-order valence-electron chi connectivity index (χ4n) is 2.83. The first-order chi connectivity index (χ1) is 8.81. The lowest BCUT2D eigenvalue weighted by Crippen LogP contribution is -2.19. The maximum atomic E-state index is 5.67. The summed E-state index contributed by atoms with van der Waals surface area (Å²) in [5.74, 6) is 1.76. The van der Waals surface area contributed by atoms with E-state index in [0.717, 1.165) is 24.2 Å². The summed E-state index contributed by atoms with van der Waals surface area (Å²) in [5.41, 5.74) is 7.99. The molecule has 1 unspecified atom stereocenters. The molecular formula is C14H20N4. The van der Waals surface area contributed by atoms with Crippen LogP contribution in [0.1, 0.15) is 30.7 Å². The van der Waals surface area contributed by atoms with Crippen LogP contribution in [0.25, 0.3) is 5.52 Å². The lowest BCUT2D eigenvalue weighted by Gasteiger charge is -2.12. The molecule has 0 aliphatic carbocycles. The molecule has 1 atom stereocenters. The van der Waals surface area contributed by atoms with Gasteiger partial charge in [0.25, 0.3) is 0 Å². The highest BCUT2D eigenvalue weighted by Gasteiger charge is 2.25. The summed E-state index contributed by atoms with van der Waals surface area (Å²) in [4.78, 5) is 7.10. The van der Waals surface area contributed by atoms with Gasteiger partial charge in [-0.15, -0.1) is 0 Å². The minimum absolute atomic E-state index is 0.566. The minimum atomic E-state index is 0.566. The number of likely N-dealkylation sites (N-methyl/N-ethyl adjacent to an activating group) is 1. The SMILES string of the molecule is CCN1CCC(c2ncc3cc(CN)ccn23)C1. The molecule has 2 N–H and O–H groups in total. The van der Waals surface area contributed by atoms with Crippen molar-refractivity contribution in [1.29, 1.82) is 0 Å². The maximum absolute atomic E-state index is 5.67. The molecule has 96 valence electrons. The summed E-state index contributed by atoms with van der Waals surface area (Å²) < 4.78 is 2.21. The Bertz CT molecular complexity index is 546. The standard InChI is InChI=1S/C14H20N4/c1-2-17-5-4-12(10-17)14-16-9-13-7-11(8-15)3-6-18(13)14/h3,6-7,9,12H,2,4-5,8,10,15H2,1H3. The maximum Gasteiger partial charge on any atom is 0.117 e. The van der Waals surface area contributed by atoms with Crippen LogP contribution in [-0.4, -0.2) is 33.9 Å². The second kappa shape index (κ2) is 4.71. The van der Waals surface area contributed by atoms with Crippen molar-refractivity contribution in [3.8, 4) is 0 Å². The largest absolute Gasteiger partial charge is 0.326 e. The number of fused-ring (bicyclic) bond motifs is 1. The van der Waals surface area contributed by atoms with E-state index in [-0.39, 0.29) is 0 Å². The molecule has 3 heterocycles. The number of hydrogen-bond acceptors (Lipinski definition) is 3. The first-order valence-corrected chi connectivity index (χ1v) is 6.70. The van der Waals surface area contributed by atoms with E-state index in [1.54, 1.807) is 0 Å². The molecule has 0 spiro atoms. The molecule has 0 bridgehead atoms. The van der Waals surface area contributed by atoms with Crippen molar-refractivity contribution in [2.24, 2.45) is 5.73 Å². The van der Waals surface area contributed by atoms with Gasteiger partial charge in [-0.2, -0.15) is 0 Å². The molecule has 4 nitrogen and oxygen atoms in total. The van der Waals surface area contributed by atoms with Crippen LogP contribution in [0.3, 0.4) is 0 Å². The van der Waals surface area contributed by atoms with Gasteiger partial charge in [0.2, 0.25) is 0 Å². The molecule has 0 saturated carbocycles. The Labute approximate surface area is 107 Å². The van der Waals surface area contributed by atoms with Crippen molar-refractivity contribution < 1.29 is 0 Å². The molecule has 0 amide bonds. The Morgan fingerprint density at radius 3 is 3.11 bits per heavy atom. The molecule has 1 aliphatic rings. The third-order valence-corrected chi connectivity index (χ3v) is 3.95. The zero-order valence-corrected chi connectivity index (χ0v) is 10.8. The Hall–Kier alpha value is -1.39. The Morgan fingerprint density at radius 2 is 2.39 bits per heavy atom. The lowest BCUT2D eigenvalue weighted by molar-refractivity contribution is 0.352. The molecule has 18 heavy (non-hydrogen) atoms. The number of aromatic nitrogens is 2. The molecule has 0 aromatic carbocycles. The highest BCUT2D eigenvalue weighted by molar-refractivity contribution is 5.48. The second-order valence-corrected chi connectivity index (χ2v) is 5.03. The van der Waals surface area contributed by atoms with Gasteiger partial charge in [0.05, 0.1) is 11.7 Å². The number of nitrogens with two attached hydrogens (primary N) is 1. The van der Waals surface area contributed by atoms with Crippen LogP contribution in [0.4, 0.5) is 0 Å². The number of rotatable bonds is 3. The van der Waals surface area contributed by atoms with E-state index >= 15 is 0 Å². The number of pyridine rings is 1. The van der Waals surface area contributed by atoms with Crippen LogP contribution in [0.2, 0.25) is 0 Å². The summed E-state index contributed by atoms with van der Waals surface area (Å²) in [6.07, 6.45) is 5.28. The molecular weight excluding hydrogens is 224 g/mol. The normalized spacial score (nSPS) is 20.9. The average Bonchev–Trinajstić information content (AvgIpc) is 3.03. The van der Waals surface area contributed by atoms with Crippen molar-refractivity contribution in [1.82, 2.24) is 14.3 Å². The monoisotopic (exact) mass is 244 g/mol. The summed E-state index contributed by atoms with van der Waals surface area (Å²) in [6.45, 7) is 6.27. The highest BCUT2D eigenvalue weighted by atomic mass is 15.2. The Balaban J connectivity index is 1.93. The van der Waals surface area contributed by atoms with E-state index in [9.17, 15) is 0 Å². The molecule has 4 heteroatoms. The second-order valence-electron chi connectivity index (χ2n) is 5.03. The predicted octanol–water partition coefficient (Wildman–Crippen LogP) is 1.60. The number of nitrogens with zero attached hydrogens (tertiary/aromatic N) is 3. The van der Waals surface area contributed by atoms with Gasteiger partial charge in [-0.1, -0.05) is 6.92 Å². The van der Waals surface area contributed by atoms with Crippen molar-refractivity contribution in [3.05, 3.63) is 35.9 Å². The van der Waals surface area contributed by atoms with Crippen molar-refractivity contribution in [2.45, 2.75) is 25.8 Å². The zero-order chi connectivity index (χ0) is 12.5. The highest BCUT2D eigenvalue weighted by Crippen LogP contribution is 2.26. The van der Waals surface area contributed by atoms with Crippen LogP contribution in [-0.2, 0) is 6.54 Å². The summed E-state index contributed by atoms with van der Waals surface area (Å²) in [5, 5.41) is 0. The van der Waals surface area contributed by atoms with Gasteiger partial charge in [0.1, 0.15) is 5.82 Å². The molecule has 1 aliphatic heterocycles. The van der Waals surface area contributed by atoms with E-state index in [1.807, 2.05) is 6.20 Å². The third-order valence-electron chi connectivity index (χ3n) is 3.95. The van der Waals surface area contributed by atoms with Crippen LogP contribution in [0, 0.1) is 0 Å². The van der Waals surface area contributed by atoms with Crippen LogP contribution < -0.4 is 5.73 Å². The fourth-order valence-corrected chi connectivity index (χ4v) is 2.83. The Morgan fingerprint density at radius 1 is 1.50 bits per heavy atom. The van der Waals surface area contributed by atoms with E-state index in [4.69, 9.17) is 5.73 Å². The number of likely N-dealkylation sites (tertiary alicyclic amines) is 1. The summed E-state index contributed by atoms with van der Waals surface area (Å²) in [6, 6.07) is 4.22. The van der Waals surface area contributed by atoms with Crippen LogP contribution >= 0.6 is 0 Å². The lowest BCUT2D eigenvalue weighted by atomic mass is 10.1. The van der Waals surface area contributed by atoms with E-state index in [1.165, 1.54) is 18.8 Å². The average molecular weight is 244 g/mol. The van der Waals surface area contributed by atoms with E-state index < -0.39 is 0 Å². The Kier molecular flexibility index (Phi) is 3.06. The zero-order valence-electron chi connectivity index (χ0n) is 10.8. The molecule has 2 aromatic heterocycles. The van der Waals surface area contributed by atoms with Gasteiger partial charge in [-0.25, -0.2) is 4.98 Å². The van der Waals surface area contributed by atoms with Gasteiger partial charge in [-0.05, 0) is 37.2 Å². The van der Waals surface area contributed by atoms with Gasteiger partial charge >= 0.3 is 0 Å². The molecule has 0 radical (unpaired) electrons. The number of imidazole rings is 1. The predicted molar refractivity (Wildman–Crippen MR) is 72.6 cm³/mol. The van der Waals surface area contributed by atoms with Gasteiger partial charge in [0.15, 0.2) is 0 Å². The van der Waals surface area contributed by atoms with Crippen molar-refractivity contribution >= 4 is 5.52 Å². The quantitative estimate of drug-likeness (QED) is 0.892. The van der Waals surface area contributed by atoms with Crippen LogP contribution in [0.15, 0.2) is 24.5 Å². The third kappa shape index (κ3) is 1.91. The topological polar surface area (TPSA) is 46.6 Å². The van der Waals surface area contributed by atoms with Crippen molar-refractivity contribution in [2.75, 3.05) is 19.6 Å².